The van der Waals surface area contributed by atoms with Crippen LogP contribution in [0.5, 0.6) is 0 Å². The Bertz CT molecular complexity index is 431. The molecule has 3 N–H and O–H groups in total. The van der Waals surface area contributed by atoms with Crippen LogP contribution in [0.25, 0.3) is 0 Å². The van der Waals surface area contributed by atoms with Gasteiger partial charge in [0.25, 0.3) is 0 Å². The molecule has 1 fully saturated rings. The highest BCUT2D eigenvalue weighted by atomic mass is 35.5. The highest BCUT2D eigenvalue weighted by Gasteiger charge is 2.24. The van der Waals surface area contributed by atoms with Crippen molar-refractivity contribution in [3.05, 3.63) is 35.9 Å². The second kappa shape index (κ2) is 10.8. The number of carbonyl (C=O) groups excluding carboxylic acids is 1. The predicted octanol–water partition coefficient (Wildman–Crippen LogP) is 2.00. The number of nitrogens with zero attached hydrogens (tertiary/aromatic N) is 1. The summed E-state index contributed by atoms with van der Waals surface area (Å²) in [7, 11) is 0. The number of likely N-dealkylation sites (N-methyl/N-ethyl adjacent to an activating group) is 1. The summed E-state index contributed by atoms with van der Waals surface area (Å²) in [6, 6.07) is 9.93. The molecule has 2 unspecified atom stereocenters. The van der Waals surface area contributed by atoms with E-state index in [0.717, 1.165) is 25.2 Å². The average molecular weight is 348 g/mol. The molecule has 0 aliphatic carbocycles. The molecular weight excluding hydrogens is 321 g/mol. The zero-order chi connectivity index (χ0) is 14.4. The van der Waals surface area contributed by atoms with E-state index in [4.69, 9.17) is 5.73 Å². The number of likely N-dealkylation sites (tertiary alicyclic amines) is 1. The van der Waals surface area contributed by atoms with Gasteiger partial charge in [-0.2, -0.15) is 0 Å². The molecule has 0 bridgehead atoms. The first kappa shape index (κ1) is 21.2. The van der Waals surface area contributed by atoms with E-state index < -0.39 is 6.04 Å². The van der Waals surface area contributed by atoms with Gasteiger partial charge in [0.2, 0.25) is 5.91 Å². The molecule has 1 aliphatic heterocycles. The van der Waals surface area contributed by atoms with Crippen molar-refractivity contribution in [3.63, 3.8) is 0 Å². The van der Waals surface area contributed by atoms with E-state index in [1.54, 1.807) is 0 Å². The molecule has 1 amide bonds. The van der Waals surface area contributed by atoms with Gasteiger partial charge in [-0.1, -0.05) is 37.3 Å². The first-order valence-electron chi connectivity index (χ1n) is 7.52. The first-order chi connectivity index (χ1) is 9.70. The Hall–Kier alpha value is -0.810. The average Bonchev–Trinajstić information content (AvgIpc) is 2.93. The second-order valence-corrected chi connectivity index (χ2v) is 5.47. The molecule has 1 heterocycles. The Morgan fingerprint density at radius 1 is 1.36 bits per heavy atom. The van der Waals surface area contributed by atoms with Crippen molar-refractivity contribution in [2.45, 2.75) is 38.3 Å². The lowest BCUT2D eigenvalue weighted by Crippen LogP contribution is -2.47. The van der Waals surface area contributed by atoms with Gasteiger partial charge in [-0.3, -0.25) is 9.69 Å². The summed E-state index contributed by atoms with van der Waals surface area (Å²) in [5.41, 5.74) is 7.08. The summed E-state index contributed by atoms with van der Waals surface area (Å²) in [5, 5.41) is 3.00. The van der Waals surface area contributed by atoms with Crippen molar-refractivity contribution in [1.29, 1.82) is 0 Å². The summed E-state index contributed by atoms with van der Waals surface area (Å²) in [6.45, 7) is 5.08. The smallest absolute Gasteiger partial charge is 0.237 e. The van der Waals surface area contributed by atoms with Crippen LogP contribution in [0.15, 0.2) is 30.3 Å². The van der Waals surface area contributed by atoms with Gasteiger partial charge in [-0.25, -0.2) is 0 Å². The Balaban J connectivity index is 0.00000220. The van der Waals surface area contributed by atoms with E-state index >= 15 is 0 Å². The van der Waals surface area contributed by atoms with Crippen molar-refractivity contribution >= 4 is 30.7 Å². The SMILES string of the molecule is CCN1CCCC1CNC(=O)C(N)Cc1ccccc1.Cl.Cl. The number of amides is 1. The van der Waals surface area contributed by atoms with Crippen LogP contribution < -0.4 is 11.1 Å². The van der Waals surface area contributed by atoms with Crippen molar-refractivity contribution < 1.29 is 4.79 Å². The van der Waals surface area contributed by atoms with Crippen molar-refractivity contribution in [2.24, 2.45) is 5.73 Å². The van der Waals surface area contributed by atoms with E-state index in [-0.39, 0.29) is 30.7 Å². The monoisotopic (exact) mass is 347 g/mol. The van der Waals surface area contributed by atoms with Gasteiger partial charge in [0.15, 0.2) is 0 Å². The molecular formula is C16H27Cl2N3O. The number of hydrogen-bond donors (Lipinski definition) is 2. The van der Waals surface area contributed by atoms with Crippen LogP contribution in [-0.4, -0.2) is 42.5 Å². The number of carbonyl (C=O) groups is 1. The molecule has 2 rings (SSSR count). The van der Waals surface area contributed by atoms with Crippen LogP contribution in [0, 0.1) is 0 Å². The zero-order valence-electron chi connectivity index (χ0n) is 13.0. The highest BCUT2D eigenvalue weighted by molar-refractivity contribution is 5.85. The maximum Gasteiger partial charge on any atom is 0.237 e. The fraction of sp³-hybridized carbons (Fsp3) is 0.562. The number of rotatable bonds is 6. The van der Waals surface area contributed by atoms with E-state index in [1.807, 2.05) is 30.3 Å². The summed E-state index contributed by atoms with van der Waals surface area (Å²) >= 11 is 0. The van der Waals surface area contributed by atoms with E-state index in [2.05, 4.69) is 17.1 Å². The fourth-order valence-corrected chi connectivity index (χ4v) is 2.85. The van der Waals surface area contributed by atoms with E-state index in [0.29, 0.717) is 12.5 Å². The van der Waals surface area contributed by atoms with E-state index in [1.165, 1.54) is 12.8 Å². The van der Waals surface area contributed by atoms with Gasteiger partial charge in [-0.15, -0.1) is 24.8 Å². The normalized spacial score (nSPS) is 18.9. The molecule has 126 valence electrons. The molecule has 1 aromatic carbocycles. The maximum atomic E-state index is 12.0. The molecule has 0 radical (unpaired) electrons. The molecule has 0 saturated carbocycles. The molecule has 1 aliphatic rings. The zero-order valence-corrected chi connectivity index (χ0v) is 14.7. The van der Waals surface area contributed by atoms with Crippen LogP contribution in [0.3, 0.4) is 0 Å². The van der Waals surface area contributed by atoms with E-state index in [9.17, 15) is 4.79 Å². The lowest BCUT2D eigenvalue weighted by Gasteiger charge is -2.23. The quantitative estimate of drug-likeness (QED) is 0.827. The van der Waals surface area contributed by atoms with Crippen molar-refractivity contribution in [3.8, 4) is 0 Å². The summed E-state index contributed by atoms with van der Waals surface area (Å²) in [5.74, 6) is -0.0446. The number of nitrogens with one attached hydrogen (secondary N) is 1. The maximum absolute atomic E-state index is 12.0. The molecule has 0 spiro atoms. The van der Waals surface area contributed by atoms with Gasteiger partial charge in [-0.05, 0) is 37.9 Å². The Labute approximate surface area is 145 Å². The minimum absolute atomic E-state index is 0. The first-order valence-corrected chi connectivity index (χ1v) is 7.52. The van der Waals surface area contributed by atoms with Crippen molar-refractivity contribution in [1.82, 2.24) is 10.2 Å². The summed E-state index contributed by atoms with van der Waals surface area (Å²) in [4.78, 5) is 14.5. The Kier molecular flexibility index (Phi) is 10.4. The Morgan fingerprint density at radius 2 is 2.05 bits per heavy atom. The molecule has 1 aromatic rings. The van der Waals surface area contributed by atoms with Crippen LogP contribution in [0.4, 0.5) is 0 Å². The largest absolute Gasteiger partial charge is 0.353 e. The van der Waals surface area contributed by atoms with Crippen LogP contribution in [-0.2, 0) is 11.2 Å². The molecule has 22 heavy (non-hydrogen) atoms. The van der Waals surface area contributed by atoms with Gasteiger partial charge in [0, 0.05) is 12.6 Å². The van der Waals surface area contributed by atoms with Crippen LogP contribution in [0.1, 0.15) is 25.3 Å². The number of hydrogen-bond acceptors (Lipinski definition) is 3. The highest BCUT2D eigenvalue weighted by Crippen LogP contribution is 2.15. The van der Waals surface area contributed by atoms with Crippen molar-refractivity contribution in [2.75, 3.05) is 19.6 Å². The second-order valence-electron chi connectivity index (χ2n) is 5.47. The van der Waals surface area contributed by atoms with Gasteiger partial charge in [0.05, 0.1) is 6.04 Å². The molecule has 6 heteroatoms. The third kappa shape index (κ3) is 6.13. The number of benzene rings is 1. The molecule has 2 atom stereocenters. The molecule has 1 saturated heterocycles. The fourth-order valence-electron chi connectivity index (χ4n) is 2.85. The lowest BCUT2D eigenvalue weighted by molar-refractivity contribution is -0.122. The minimum Gasteiger partial charge on any atom is -0.353 e. The van der Waals surface area contributed by atoms with Crippen LogP contribution in [0.2, 0.25) is 0 Å². The molecule has 0 aromatic heterocycles. The van der Waals surface area contributed by atoms with Crippen LogP contribution >= 0.6 is 24.8 Å². The summed E-state index contributed by atoms with van der Waals surface area (Å²) in [6.07, 6.45) is 2.99. The predicted molar refractivity (Wildman–Crippen MR) is 95.9 cm³/mol. The topological polar surface area (TPSA) is 58.4 Å². The third-order valence-electron chi connectivity index (χ3n) is 4.05. The number of nitrogens with two attached hydrogens (primary N) is 1. The number of halogens is 2. The van der Waals surface area contributed by atoms with Gasteiger partial charge in [0.1, 0.15) is 0 Å². The van der Waals surface area contributed by atoms with Gasteiger partial charge >= 0.3 is 0 Å². The minimum atomic E-state index is -0.464. The molecule has 4 nitrogen and oxygen atoms in total. The van der Waals surface area contributed by atoms with Gasteiger partial charge < -0.3 is 11.1 Å². The summed E-state index contributed by atoms with van der Waals surface area (Å²) < 4.78 is 0. The lowest BCUT2D eigenvalue weighted by atomic mass is 10.1. The third-order valence-corrected chi connectivity index (χ3v) is 4.05. The Morgan fingerprint density at radius 3 is 2.68 bits per heavy atom. The standard InChI is InChI=1S/C16H25N3O.2ClH/c1-2-19-10-6-9-14(19)12-18-16(20)15(17)11-13-7-4-3-5-8-13;;/h3-5,7-8,14-15H,2,6,9-12,17H2,1H3,(H,18,20);2*1H.